The van der Waals surface area contributed by atoms with Crippen LogP contribution in [0.15, 0.2) is 30.5 Å². The number of ether oxygens (including phenoxy) is 2. The predicted molar refractivity (Wildman–Crippen MR) is 105 cm³/mol. The van der Waals surface area contributed by atoms with Crippen LogP contribution in [-0.4, -0.2) is 29.2 Å². The Hall–Kier alpha value is -2.57. The topological polar surface area (TPSA) is 57.1 Å². The molecule has 0 fully saturated rings. The second kappa shape index (κ2) is 6.63. The fraction of sp³-hybridized carbons (Fsp3) is 0.250. The maximum absolute atomic E-state index is 5.44. The molecule has 0 aliphatic heterocycles. The van der Waals surface area contributed by atoms with Crippen molar-refractivity contribution >= 4 is 32.6 Å². The highest BCUT2D eigenvalue weighted by atomic mass is 32.1. The van der Waals surface area contributed by atoms with Crippen LogP contribution in [0.2, 0.25) is 0 Å². The molecule has 5 nitrogen and oxygen atoms in total. The minimum Gasteiger partial charge on any atom is -0.496 e. The Balaban J connectivity index is 1.91. The number of thiazole rings is 1. The summed E-state index contributed by atoms with van der Waals surface area (Å²) in [6, 6.07) is 8.28. The molecule has 0 unspecified atom stereocenters. The van der Waals surface area contributed by atoms with Crippen molar-refractivity contribution in [1.82, 2.24) is 15.0 Å². The molecule has 0 atom stereocenters. The van der Waals surface area contributed by atoms with Gasteiger partial charge in [0, 0.05) is 12.7 Å². The third-order valence-electron chi connectivity index (χ3n) is 4.27. The Morgan fingerprint density at radius 1 is 1.00 bits per heavy atom. The Morgan fingerprint density at radius 2 is 1.85 bits per heavy atom. The van der Waals surface area contributed by atoms with Gasteiger partial charge < -0.3 is 9.47 Å². The van der Waals surface area contributed by atoms with Gasteiger partial charge in [-0.3, -0.25) is 4.98 Å². The highest BCUT2D eigenvalue weighted by Gasteiger charge is 2.14. The van der Waals surface area contributed by atoms with Gasteiger partial charge >= 0.3 is 0 Å². The van der Waals surface area contributed by atoms with E-state index in [0.717, 1.165) is 54.4 Å². The van der Waals surface area contributed by atoms with Gasteiger partial charge in [0.25, 0.3) is 0 Å². The van der Waals surface area contributed by atoms with E-state index in [1.165, 1.54) is 0 Å². The van der Waals surface area contributed by atoms with Gasteiger partial charge in [-0.15, -0.1) is 11.3 Å². The lowest BCUT2D eigenvalue weighted by Crippen LogP contribution is -1.96. The molecule has 0 radical (unpaired) electrons. The summed E-state index contributed by atoms with van der Waals surface area (Å²) in [5, 5.41) is 0.940. The number of fused-ring (bicyclic) bond motifs is 2. The molecule has 4 rings (SSSR count). The van der Waals surface area contributed by atoms with Crippen molar-refractivity contribution in [2.24, 2.45) is 0 Å². The number of hydrogen-bond acceptors (Lipinski definition) is 6. The molecule has 132 valence electrons. The number of aromatic nitrogens is 3. The number of nitrogens with zero attached hydrogens (tertiary/aromatic N) is 3. The maximum atomic E-state index is 5.44. The zero-order chi connectivity index (χ0) is 18.3. The molecule has 2 heterocycles. The SMILES string of the molecule is COCc1cnc2c(-c3nc4cc(C)c(OC)cc4s3)cc(C)cc2n1. The normalized spacial score (nSPS) is 11.4. The lowest BCUT2D eigenvalue weighted by molar-refractivity contribution is 0.181. The van der Waals surface area contributed by atoms with Crippen molar-refractivity contribution in [2.45, 2.75) is 20.5 Å². The third-order valence-corrected chi connectivity index (χ3v) is 5.32. The van der Waals surface area contributed by atoms with Crippen molar-refractivity contribution in [1.29, 1.82) is 0 Å². The molecule has 2 aromatic carbocycles. The Kier molecular flexibility index (Phi) is 4.30. The van der Waals surface area contributed by atoms with Crippen LogP contribution in [0.3, 0.4) is 0 Å². The molecular weight excluding hydrogens is 346 g/mol. The minimum atomic E-state index is 0.451. The van der Waals surface area contributed by atoms with E-state index in [-0.39, 0.29) is 0 Å². The first-order valence-electron chi connectivity index (χ1n) is 8.30. The molecule has 2 aromatic heterocycles. The highest BCUT2D eigenvalue weighted by Crippen LogP contribution is 2.36. The van der Waals surface area contributed by atoms with E-state index in [1.54, 1.807) is 31.8 Å². The molecule has 0 spiro atoms. The summed E-state index contributed by atoms with van der Waals surface area (Å²) >= 11 is 1.64. The maximum Gasteiger partial charge on any atom is 0.126 e. The van der Waals surface area contributed by atoms with E-state index in [2.05, 4.69) is 29.0 Å². The fourth-order valence-electron chi connectivity index (χ4n) is 3.08. The molecular formula is C20H19N3O2S. The van der Waals surface area contributed by atoms with Crippen molar-refractivity contribution in [3.63, 3.8) is 0 Å². The largest absolute Gasteiger partial charge is 0.496 e. The molecule has 0 N–H and O–H groups in total. The average Bonchev–Trinajstić information content (AvgIpc) is 3.02. The first kappa shape index (κ1) is 16.9. The average molecular weight is 365 g/mol. The lowest BCUT2D eigenvalue weighted by atomic mass is 10.1. The Bertz CT molecular complexity index is 1120. The van der Waals surface area contributed by atoms with E-state index >= 15 is 0 Å². The van der Waals surface area contributed by atoms with E-state index in [0.29, 0.717) is 6.61 Å². The summed E-state index contributed by atoms with van der Waals surface area (Å²) in [5.74, 6) is 0.880. The summed E-state index contributed by atoms with van der Waals surface area (Å²) in [5.41, 5.74) is 6.73. The molecule has 0 aliphatic rings. The highest BCUT2D eigenvalue weighted by molar-refractivity contribution is 7.21. The van der Waals surface area contributed by atoms with E-state index in [1.807, 2.05) is 19.1 Å². The second-order valence-electron chi connectivity index (χ2n) is 6.28. The second-order valence-corrected chi connectivity index (χ2v) is 7.31. The monoisotopic (exact) mass is 365 g/mol. The van der Waals surface area contributed by atoms with E-state index < -0.39 is 0 Å². The Labute approximate surface area is 155 Å². The fourth-order valence-corrected chi connectivity index (χ4v) is 4.07. The first-order valence-corrected chi connectivity index (χ1v) is 9.11. The van der Waals surface area contributed by atoms with Crippen molar-refractivity contribution in [3.05, 3.63) is 47.3 Å². The number of methoxy groups -OCH3 is 2. The van der Waals surface area contributed by atoms with Gasteiger partial charge in [-0.2, -0.15) is 0 Å². The zero-order valence-corrected chi connectivity index (χ0v) is 16.0. The molecule has 6 heteroatoms. The van der Waals surface area contributed by atoms with Crippen LogP contribution in [0.25, 0.3) is 31.8 Å². The molecule has 26 heavy (non-hydrogen) atoms. The number of hydrogen-bond donors (Lipinski definition) is 0. The van der Waals surface area contributed by atoms with Crippen LogP contribution in [0.5, 0.6) is 5.75 Å². The van der Waals surface area contributed by atoms with Crippen LogP contribution in [-0.2, 0) is 11.3 Å². The number of benzene rings is 2. The summed E-state index contributed by atoms with van der Waals surface area (Å²) in [4.78, 5) is 14.2. The lowest BCUT2D eigenvalue weighted by Gasteiger charge is -2.06. The van der Waals surface area contributed by atoms with Gasteiger partial charge in [-0.05, 0) is 49.2 Å². The summed E-state index contributed by atoms with van der Waals surface area (Å²) in [7, 11) is 3.35. The minimum absolute atomic E-state index is 0.451. The van der Waals surface area contributed by atoms with Crippen molar-refractivity contribution in [3.8, 4) is 16.3 Å². The summed E-state index contributed by atoms with van der Waals surface area (Å²) in [6.07, 6.45) is 1.77. The van der Waals surface area contributed by atoms with E-state index in [9.17, 15) is 0 Å². The predicted octanol–water partition coefficient (Wildman–Crippen LogP) is 4.68. The molecule has 0 saturated heterocycles. The molecule has 0 bridgehead atoms. The quantitative estimate of drug-likeness (QED) is 0.526. The van der Waals surface area contributed by atoms with Gasteiger partial charge in [0.1, 0.15) is 10.8 Å². The van der Waals surface area contributed by atoms with Gasteiger partial charge in [0.05, 0.1) is 46.9 Å². The van der Waals surface area contributed by atoms with Crippen molar-refractivity contribution in [2.75, 3.05) is 14.2 Å². The molecule has 0 saturated carbocycles. The van der Waals surface area contributed by atoms with Crippen LogP contribution >= 0.6 is 11.3 Å². The standard InChI is InChI=1S/C20H19N3O2S/c1-11-5-14(19-16(6-11)22-13(9-21-19)10-24-3)20-23-15-7-12(2)17(25-4)8-18(15)26-20/h5-9H,10H2,1-4H3. The third kappa shape index (κ3) is 2.91. The summed E-state index contributed by atoms with van der Waals surface area (Å²) < 4.78 is 11.7. The van der Waals surface area contributed by atoms with Crippen LogP contribution in [0.4, 0.5) is 0 Å². The van der Waals surface area contributed by atoms with Gasteiger partial charge in [-0.1, -0.05) is 0 Å². The van der Waals surface area contributed by atoms with Gasteiger partial charge in [0.2, 0.25) is 0 Å². The van der Waals surface area contributed by atoms with Crippen molar-refractivity contribution < 1.29 is 9.47 Å². The smallest absolute Gasteiger partial charge is 0.126 e. The van der Waals surface area contributed by atoms with Gasteiger partial charge in [-0.25, -0.2) is 9.97 Å². The molecule has 4 aromatic rings. The van der Waals surface area contributed by atoms with E-state index in [4.69, 9.17) is 14.5 Å². The molecule has 0 amide bonds. The Morgan fingerprint density at radius 3 is 2.62 bits per heavy atom. The summed E-state index contributed by atoms with van der Waals surface area (Å²) in [6.45, 7) is 4.54. The first-order chi connectivity index (χ1) is 12.6. The number of rotatable bonds is 4. The number of aryl methyl sites for hydroxylation is 2. The molecule has 0 aliphatic carbocycles. The zero-order valence-electron chi connectivity index (χ0n) is 15.2. The van der Waals surface area contributed by atoms with Gasteiger partial charge in [0.15, 0.2) is 0 Å². The van der Waals surface area contributed by atoms with Crippen LogP contribution < -0.4 is 4.74 Å². The van der Waals surface area contributed by atoms with Crippen LogP contribution in [0.1, 0.15) is 16.8 Å². The van der Waals surface area contributed by atoms with Crippen LogP contribution in [0, 0.1) is 13.8 Å².